The molecular weight excluding hydrogens is 379 g/mol. The molecule has 2 saturated heterocycles. The van der Waals surface area contributed by atoms with E-state index in [1.807, 2.05) is 35.2 Å². The Hall–Kier alpha value is -2.11. The van der Waals surface area contributed by atoms with E-state index < -0.39 is 0 Å². The van der Waals surface area contributed by atoms with Gasteiger partial charge < -0.3 is 9.64 Å². The number of nitrogens with zero attached hydrogens (tertiary/aromatic N) is 2. The highest BCUT2D eigenvalue weighted by molar-refractivity contribution is 6.30. The van der Waals surface area contributed by atoms with E-state index in [1.165, 1.54) is 6.07 Å². The number of piperidine rings is 1. The zero-order valence-corrected chi connectivity index (χ0v) is 16.7. The molecule has 6 heteroatoms. The summed E-state index contributed by atoms with van der Waals surface area (Å²) < 4.78 is 19.0. The van der Waals surface area contributed by atoms with Crippen molar-refractivity contribution in [3.63, 3.8) is 0 Å². The minimum absolute atomic E-state index is 0.0644. The SMILES string of the molecule is COc1ccc(C(=O)N2C[C@H]3CCCN(Cc4ccc(Cl)c(F)c4)[C@H]3C2)cc1. The van der Waals surface area contributed by atoms with Crippen LogP contribution in [0.3, 0.4) is 0 Å². The van der Waals surface area contributed by atoms with Crippen molar-refractivity contribution in [2.75, 3.05) is 26.7 Å². The lowest BCUT2D eigenvalue weighted by molar-refractivity contribution is 0.0774. The first kappa shape index (κ1) is 19.2. The number of fused-ring (bicyclic) bond motifs is 1. The van der Waals surface area contributed by atoms with E-state index >= 15 is 0 Å². The van der Waals surface area contributed by atoms with Gasteiger partial charge in [-0.25, -0.2) is 4.39 Å². The predicted octanol–water partition coefficient (Wildman–Crippen LogP) is 4.22. The number of methoxy groups -OCH3 is 1. The zero-order chi connectivity index (χ0) is 19.7. The van der Waals surface area contributed by atoms with Crippen molar-refractivity contribution in [3.8, 4) is 5.75 Å². The van der Waals surface area contributed by atoms with Gasteiger partial charge >= 0.3 is 0 Å². The summed E-state index contributed by atoms with van der Waals surface area (Å²) in [6.45, 7) is 3.14. The maximum atomic E-state index is 13.8. The number of carbonyl (C=O) groups excluding carboxylic acids is 1. The fraction of sp³-hybridized carbons (Fsp3) is 0.409. The molecule has 0 bridgehead atoms. The highest BCUT2D eigenvalue weighted by atomic mass is 35.5. The molecule has 2 aliphatic heterocycles. The van der Waals surface area contributed by atoms with Crippen molar-refractivity contribution in [3.05, 3.63) is 64.4 Å². The van der Waals surface area contributed by atoms with Gasteiger partial charge in [-0.1, -0.05) is 17.7 Å². The van der Waals surface area contributed by atoms with Gasteiger partial charge in [0, 0.05) is 31.2 Å². The predicted molar refractivity (Wildman–Crippen MR) is 107 cm³/mol. The van der Waals surface area contributed by atoms with Gasteiger partial charge in [0.15, 0.2) is 0 Å². The molecule has 0 radical (unpaired) electrons. The quantitative estimate of drug-likeness (QED) is 0.767. The first-order chi connectivity index (χ1) is 13.5. The Labute approximate surface area is 169 Å². The van der Waals surface area contributed by atoms with Crippen LogP contribution in [0.5, 0.6) is 5.75 Å². The number of hydrogen-bond acceptors (Lipinski definition) is 3. The summed E-state index contributed by atoms with van der Waals surface area (Å²) in [5.41, 5.74) is 1.60. The first-order valence-corrected chi connectivity index (χ1v) is 10.0. The molecule has 0 saturated carbocycles. The third kappa shape index (κ3) is 3.87. The molecule has 0 aromatic heterocycles. The van der Waals surface area contributed by atoms with Gasteiger partial charge in [0.25, 0.3) is 5.91 Å². The van der Waals surface area contributed by atoms with E-state index in [0.29, 0.717) is 30.6 Å². The Bertz CT molecular complexity index is 858. The van der Waals surface area contributed by atoms with E-state index in [9.17, 15) is 9.18 Å². The van der Waals surface area contributed by atoms with Gasteiger partial charge in [-0.15, -0.1) is 0 Å². The average Bonchev–Trinajstić information content (AvgIpc) is 3.16. The second kappa shape index (κ2) is 8.10. The van der Waals surface area contributed by atoms with Crippen molar-refractivity contribution in [1.82, 2.24) is 9.80 Å². The molecule has 2 aromatic rings. The number of carbonyl (C=O) groups is 1. The van der Waals surface area contributed by atoms with E-state index in [1.54, 1.807) is 13.2 Å². The third-order valence-electron chi connectivity index (χ3n) is 5.89. The van der Waals surface area contributed by atoms with Gasteiger partial charge in [0.2, 0.25) is 0 Å². The van der Waals surface area contributed by atoms with E-state index in [2.05, 4.69) is 4.90 Å². The fourth-order valence-corrected chi connectivity index (χ4v) is 4.54. The lowest BCUT2D eigenvalue weighted by atomic mass is 9.91. The fourth-order valence-electron chi connectivity index (χ4n) is 4.42. The van der Waals surface area contributed by atoms with Crippen molar-refractivity contribution in [1.29, 1.82) is 0 Å². The van der Waals surface area contributed by atoms with Crippen LogP contribution in [-0.2, 0) is 6.54 Å². The molecule has 2 aromatic carbocycles. The minimum Gasteiger partial charge on any atom is -0.497 e. The number of rotatable bonds is 4. The Morgan fingerprint density at radius 3 is 2.71 bits per heavy atom. The van der Waals surface area contributed by atoms with Gasteiger partial charge in [0.1, 0.15) is 11.6 Å². The number of benzene rings is 2. The van der Waals surface area contributed by atoms with Crippen LogP contribution < -0.4 is 4.74 Å². The first-order valence-electron chi connectivity index (χ1n) is 9.66. The monoisotopic (exact) mass is 402 g/mol. The second-order valence-electron chi connectivity index (χ2n) is 7.63. The number of hydrogen-bond donors (Lipinski definition) is 0. The van der Waals surface area contributed by atoms with Gasteiger partial charge in [-0.3, -0.25) is 9.69 Å². The topological polar surface area (TPSA) is 32.8 Å². The minimum atomic E-state index is -0.379. The molecule has 0 unspecified atom stereocenters. The highest BCUT2D eigenvalue weighted by Crippen LogP contribution is 2.33. The Balaban J connectivity index is 1.46. The maximum Gasteiger partial charge on any atom is 0.253 e. The van der Waals surface area contributed by atoms with Crippen molar-refractivity contribution < 1.29 is 13.9 Å². The Morgan fingerprint density at radius 2 is 2.00 bits per heavy atom. The van der Waals surface area contributed by atoms with Crippen molar-refractivity contribution in [2.24, 2.45) is 5.92 Å². The van der Waals surface area contributed by atoms with Gasteiger partial charge in [-0.05, 0) is 67.3 Å². The molecule has 2 fully saturated rings. The standard InChI is InChI=1S/C22H24ClFN2O2/c1-28-18-7-5-16(6-8-18)22(27)26-13-17-3-2-10-25(21(17)14-26)12-15-4-9-19(23)20(24)11-15/h4-9,11,17,21H,2-3,10,12-14H2,1H3/t17-,21+/m1/s1. The van der Waals surface area contributed by atoms with Crippen LogP contribution in [0.25, 0.3) is 0 Å². The van der Waals surface area contributed by atoms with Crippen molar-refractivity contribution >= 4 is 17.5 Å². The molecule has 2 heterocycles. The van der Waals surface area contributed by atoms with Crippen LogP contribution >= 0.6 is 11.6 Å². The summed E-state index contributed by atoms with van der Waals surface area (Å²) in [4.78, 5) is 17.3. The summed E-state index contributed by atoms with van der Waals surface area (Å²) in [6.07, 6.45) is 2.23. The van der Waals surface area contributed by atoms with Crippen LogP contribution in [0.4, 0.5) is 4.39 Å². The average molecular weight is 403 g/mol. The highest BCUT2D eigenvalue weighted by Gasteiger charge is 2.40. The number of halogens is 2. The van der Waals surface area contributed by atoms with Gasteiger partial charge in [0.05, 0.1) is 12.1 Å². The molecule has 0 spiro atoms. The molecular formula is C22H24ClFN2O2. The third-order valence-corrected chi connectivity index (χ3v) is 6.20. The summed E-state index contributed by atoms with van der Waals surface area (Å²) in [5.74, 6) is 0.895. The molecule has 148 valence electrons. The Morgan fingerprint density at radius 1 is 1.21 bits per heavy atom. The summed E-state index contributed by atoms with van der Waals surface area (Å²) in [7, 11) is 1.61. The summed E-state index contributed by atoms with van der Waals surface area (Å²) in [6, 6.07) is 12.6. The smallest absolute Gasteiger partial charge is 0.253 e. The number of likely N-dealkylation sites (tertiary alicyclic amines) is 2. The molecule has 2 atom stereocenters. The summed E-state index contributed by atoms with van der Waals surface area (Å²) in [5, 5.41) is 0.150. The second-order valence-corrected chi connectivity index (χ2v) is 8.03. The molecule has 4 rings (SSSR count). The van der Waals surface area contributed by atoms with E-state index in [0.717, 1.165) is 37.2 Å². The molecule has 0 N–H and O–H groups in total. The largest absolute Gasteiger partial charge is 0.497 e. The lowest BCUT2D eigenvalue weighted by Crippen LogP contribution is -2.44. The van der Waals surface area contributed by atoms with E-state index in [4.69, 9.17) is 16.3 Å². The normalized spacial score (nSPS) is 22.2. The summed E-state index contributed by atoms with van der Waals surface area (Å²) >= 11 is 5.80. The Kier molecular flexibility index (Phi) is 5.56. The molecule has 2 aliphatic rings. The van der Waals surface area contributed by atoms with E-state index in [-0.39, 0.29) is 16.7 Å². The lowest BCUT2D eigenvalue weighted by Gasteiger charge is -2.36. The zero-order valence-electron chi connectivity index (χ0n) is 15.9. The van der Waals surface area contributed by atoms with Crippen LogP contribution in [0.15, 0.2) is 42.5 Å². The van der Waals surface area contributed by atoms with Crippen LogP contribution in [0, 0.1) is 11.7 Å². The number of amides is 1. The van der Waals surface area contributed by atoms with Crippen molar-refractivity contribution in [2.45, 2.75) is 25.4 Å². The molecule has 0 aliphatic carbocycles. The van der Waals surface area contributed by atoms with Crippen LogP contribution in [0.1, 0.15) is 28.8 Å². The molecule has 28 heavy (non-hydrogen) atoms. The molecule has 4 nitrogen and oxygen atoms in total. The van der Waals surface area contributed by atoms with Crippen LogP contribution in [0.2, 0.25) is 5.02 Å². The number of ether oxygens (including phenoxy) is 1. The van der Waals surface area contributed by atoms with Crippen LogP contribution in [-0.4, -0.2) is 48.5 Å². The maximum absolute atomic E-state index is 13.8. The molecule has 1 amide bonds. The van der Waals surface area contributed by atoms with Gasteiger partial charge in [-0.2, -0.15) is 0 Å².